The van der Waals surface area contributed by atoms with Gasteiger partial charge in [-0.1, -0.05) is 29.4 Å². The molecule has 6 nitrogen and oxygen atoms in total. The van der Waals surface area contributed by atoms with Crippen LogP contribution in [0.25, 0.3) is 44.2 Å². The van der Waals surface area contributed by atoms with Gasteiger partial charge in [-0.25, -0.2) is 4.39 Å². The van der Waals surface area contributed by atoms with E-state index in [9.17, 15) is 5.11 Å². The molecule has 7 heteroatoms. The third-order valence-electron chi connectivity index (χ3n) is 8.42. The fraction of sp³-hybridized carbons (Fsp3) is 0.355. The monoisotopic (exact) mass is 511 g/mol. The molecule has 0 bridgehead atoms. The summed E-state index contributed by atoms with van der Waals surface area (Å²) in [7, 11) is 0. The van der Waals surface area contributed by atoms with Gasteiger partial charge in [0.1, 0.15) is 11.6 Å². The minimum Gasteiger partial charge on any atom is -0.386 e. The Hall–Kier alpha value is -3.55. The fourth-order valence-corrected chi connectivity index (χ4v) is 6.65. The second kappa shape index (κ2) is 8.22. The van der Waals surface area contributed by atoms with E-state index in [4.69, 9.17) is 14.2 Å². The number of hydrogen-bond acceptors (Lipinski definition) is 5. The van der Waals surface area contributed by atoms with Crippen LogP contribution >= 0.6 is 0 Å². The number of benzene rings is 2. The summed E-state index contributed by atoms with van der Waals surface area (Å²) < 4.78 is 29.6. The highest BCUT2D eigenvalue weighted by Crippen LogP contribution is 2.53. The summed E-state index contributed by atoms with van der Waals surface area (Å²) in [6.07, 6.45) is 3.57. The van der Waals surface area contributed by atoms with E-state index in [0.29, 0.717) is 24.5 Å². The first-order valence-electron chi connectivity index (χ1n) is 13.2. The molecule has 0 radical (unpaired) electrons. The molecule has 0 saturated carbocycles. The molecule has 5 heterocycles. The number of halogens is 1. The van der Waals surface area contributed by atoms with Crippen molar-refractivity contribution in [3.63, 3.8) is 0 Å². The fourth-order valence-electron chi connectivity index (χ4n) is 6.65. The summed E-state index contributed by atoms with van der Waals surface area (Å²) in [6, 6.07) is 11.2. The van der Waals surface area contributed by atoms with Crippen molar-refractivity contribution in [3.8, 4) is 22.3 Å². The van der Waals surface area contributed by atoms with Crippen LogP contribution in [0.15, 0.2) is 47.1 Å². The van der Waals surface area contributed by atoms with Crippen molar-refractivity contribution in [2.24, 2.45) is 5.92 Å². The molecule has 1 saturated heterocycles. The second-order valence-corrected chi connectivity index (χ2v) is 11.2. The molecule has 38 heavy (non-hydrogen) atoms. The summed E-state index contributed by atoms with van der Waals surface area (Å²) in [5.41, 5.74) is 7.70. The van der Waals surface area contributed by atoms with Gasteiger partial charge >= 0.3 is 0 Å². The average molecular weight is 512 g/mol. The molecule has 2 aliphatic heterocycles. The lowest BCUT2D eigenvalue weighted by Gasteiger charge is -2.37. The molecule has 7 rings (SSSR count). The van der Waals surface area contributed by atoms with Crippen molar-refractivity contribution in [3.05, 3.63) is 71.0 Å². The number of aryl methyl sites for hydroxylation is 2. The summed E-state index contributed by atoms with van der Waals surface area (Å²) in [4.78, 5) is 5.01. The number of nitrogens with zero attached hydrogens (tertiary/aromatic N) is 3. The standard InChI is InChI=1S/C31H30FN3O3/c1-16-25(17(2)38-34-16)22-15-33-28-20-9-8-19(31(3,4)36)14-24(20)35-29(18-10-12-37-13-11-18)27-21(26(22)30(28)35)6-5-7-23(27)32/h5-9,14-15,18,29,36H,10-13H2,1-4H3. The smallest absolute Gasteiger partial charge is 0.141 e. The molecule has 1 N–H and O–H groups in total. The van der Waals surface area contributed by atoms with E-state index < -0.39 is 5.60 Å². The Morgan fingerprint density at radius 1 is 1.05 bits per heavy atom. The molecule has 0 aliphatic carbocycles. The molecule has 0 spiro atoms. The molecular weight excluding hydrogens is 481 g/mol. The van der Waals surface area contributed by atoms with Crippen molar-refractivity contribution < 1.29 is 18.8 Å². The van der Waals surface area contributed by atoms with Crippen molar-refractivity contribution in [2.75, 3.05) is 13.2 Å². The molecular formula is C31H30FN3O3. The van der Waals surface area contributed by atoms with Gasteiger partial charge in [0.05, 0.1) is 33.9 Å². The number of rotatable bonds is 3. The van der Waals surface area contributed by atoms with Gasteiger partial charge in [0.2, 0.25) is 0 Å². The maximum atomic E-state index is 16.0. The molecule has 1 unspecified atom stereocenters. The first-order chi connectivity index (χ1) is 18.3. The van der Waals surface area contributed by atoms with E-state index in [-0.39, 0.29) is 17.8 Å². The molecule has 5 aromatic rings. The molecule has 0 amide bonds. The summed E-state index contributed by atoms with van der Waals surface area (Å²) in [5.74, 6) is 0.691. The maximum absolute atomic E-state index is 16.0. The third kappa shape index (κ3) is 3.25. The molecule has 3 aromatic heterocycles. The topological polar surface area (TPSA) is 73.3 Å². The van der Waals surface area contributed by atoms with Gasteiger partial charge in [-0.3, -0.25) is 4.98 Å². The lowest BCUT2D eigenvalue weighted by atomic mass is 9.79. The van der Waals surface area contributed by atoms with Gasteiger partial charge in [0, 0.05) is 47.1 Å². The Morgan fingerprint density at radius 3 is 2.55 bits per heavy atom. The minimum absolute atomic E-state index is 0.194. The van der Waals surface area contributed by atoms with Crippen LogP contribution in [0.5, 0.6) is 0 Å². The van der Waals surface area contributed by atoms with Crippen LogP contribution < -0.4 is 0 Å². The van der Waals surface area contributed by atoms with Crippen LogP contribution in [0, 0.1) is 25.6 Å². The number of pyridine rings is 1. The zero-order chi connectivity index (χ0) is 26.3. The van der Waals surface area contributed by atoms with Crippen LogP contribution in [0.2, 0.25) is 0 Å². The number of aliphatic hydroxyl groups is 1. The van der Waals surface area contributed by atoms with Crippen molar-refractivity contribution >= 4 is 21.9 Å². The third-order valence-corrected chi connectivity index (χ3v) is 8.42. The molecule has 2 aliphatic rings. The van der Waals surface area contributed by atoms with Crippen LogP contribution in [0.1, 0.15) is 55.3 Å². The first-order valence-corrected chi connectivity index (χ1v) is 13.2. The quantitative estimate of drug-likeness (QED) is 0.288. The average Bonchev–Trinajstić information content (AvgIpc) is 3.41. The van der Waals surface area contributed by atoms with E-state index in [0.717, 1.165) is 68.3 Å². The molecule has 194 valence electrons. The maximum Gasteiger partial charge on any atom is 0.141 e. The van der Waals surface area contributed by atoms with E-state index in [2.05, 4.69) is 15.8 Å². The SMILES string of the molecule is Cc1noc(C)c1-c1cnc2c3ccc(C(C)(C)O)cc3n3c2c1-c1cccc(F)c1C3C1CCOCC1. The highest BCUT2D eigenvalue weighted by Gasteiger charge is 2.39. The molecule has 1 atom stereocenters. The number of fused-ring (bicyclic) bond motifs is 5. The van der Waals surface area contributed by atoms with Crippen LogP contribution in [-0.4, -0.2) is 33.0 Å². The van der Waals surface area contributed by atoms with Gasteiger partial charge in [0.25, 0.3) is 0 Å². The van der Waals surface area contributed by atoms with Crippen molar-refractivity contribution in [1.29, 1.82) is 0 Å². The van der Waals surface area contributed by atoms with Crippen molar-refractivity contribution in [2.45, 2.75) is 52.2 Å². The lowest BCUT2D eigenvalue weighted by Crippen LogP contribution is -2.30. The largest absolute Gasteiger partial charge is 0.386 e. The van der Waals surface area contributed by atoms with Crippen LogP contribution in [0.4, 0.5) is 4.39 Å². The predicted molar refractivity (Wildman–Crippen MR) is 145 cm³/mol. The molecule has 1 fully saturated rings. The van der Waals surface area contributed by atoms with Gasteiger partial charge in [-0.05, 0) is 69.7 Å². The van der Waals surface area contributed by atoms with Crippen molar-refractivity contribution in [1.82, 2.24) is 14.7 Å². The van der Waals surface area contributed by atoms with E-state index in [1.54, 1.807) is 26.0 Å². The van der Waals surface area contributed by atoms with Crippen LogP contribution in [0.3, 0.4) is 0 Å². The normalized spacial score (nSPS) is 17.9. The second-order valence-electron chi connectivity index (χ2n) is 11.2. The van der Waals surface area contributed by atoms with Gasteiger partial charge in [-0.15, -0.1) is 0 Å². The minimum atomic E-state index is -1.02. The zero-order valence-electron chi connectivity index (χ0n) is 22.0. The van der Waals surface area contributed by atoms with Crippen LogP contribution in [-0.2, 0) is 10.3 Å². The van der Waals surface area contributed by atoms with Gasteiger partial charge in [-0.2, -0.15) is 0 Å². The highest BCUT2D eigenvalue weighted by molar-refractivity contribution is 6.15. The van der Waals surface area contributed by atoms with E-state index in [1.807, 2.05) is 38.2 Å². The van der Waals surface area contributed by atoms with Gasteiger partial charge < -0.3 is 18.9 Å². The van der Waals surface area contributed by atoms with E-state index >= 15 is 4.39 Å². The first kappa shape index (κ1) is 23.6. The Morgan fingerprint density at radius 2 is 1.84 bits per heavy atom. The summed E-state index contributed by atoms with van der Waals surface area (Å²) >= 11 is 0. The predicted octanol–water partition coefficient (Wildman–Crippen LogP) is 6.82. The number of ether oxygens (including phenoxy) is 1. The summed E-state index contributed by atoms with van der Waals surface area (Å²) in [6.45, 7) is 8.72. The lowest BCUT2D eigenvalue weighted by molar-refractivity contribution is 0.0547. The highest BCUT2D eigenvalue weighted by atomic mass is 19.1. The summed E-state index contributed by atoms with van der Waals surface area (Å²) in [5, 5.41) is 16.1. The van der Waals surface area contributed by atoms with E-state index in [1.165, 1.54) is 0 Å². The van der Waals surface area contributed by atoms with Gasteiger partial charge in [0.15, 0.2) is 0 Å². The number of hydrogen-bond donors (Lipinski definition) is 1. The molecule has 2 aromatic carbocycles. The zero-order valence-corrected chi connectivity index (χ0v) is 22.0. The number of aromatic nitrogens is 3. The Labute approximate surface area is 220 Å². The Kier molecular flexibility index (Phi) is 5.10. The Bertz CT molecular complexity index is 1720. The Balaban J connectivity index is 1.68.